The average Bonchev–Trinajstić information content (AvgIpc) is 3.01. The molecule has 0 saturated heterocycles. The van der Waals surface area contributed by atoms with Crippen molar-refractivity contribution in [3.8, 4) is 0 Å². The molecule has 2 heterocycles. The molecule has 3 aromatic rings. The van der Waals surface area contributed by atoms with Gasteiger partial charge in [0.25, 0.3) is 5.56 Å². The van der Waals surface area contributed by atoms with Gasteiger partial charge in [-0.3, -0.25) is 19.8 Å². The monoisotopic (exact) mass is 357 g/mol. The number of hydrogen-bond donors (Lipinski definition) is 2. The number of nitrogens with one attached hydrogen (secondary N) is 2. The topological polar surface area (TPSA) is 86.8 Å². The fourth-order valence-corrected chi connectivity index (χ4v) is 3.24. The lowest BCUT2D eigenvalue weighted by molar-refractivity contribution is -0.133. The highest BCUT2D eigenvalue weighted by Gasteiger charge is 2.27. The molecule has 0 bridgehead atoms. The lowest BCUT2D eigenvalue weighted by Gasteiger charge is -2.27. The first-order valence-electron chi connectivity index (χ1n) is 8.09. The van der Waals surface area contributed by atoms with Crippen molar-refractivity contribution in [2.75, 3.05) is 13.1 Å². The summed E-state index contributed by atoms with van der Waals surface area (Å²) in [5.74, 6) is -0.0829. The van der Waals surface area contributed by atoms with Crippen LogP contribution in [0, 0.1) is 4.64 Å². The molecule has 0 aliphatic heterocycles. The Balaban J connectivity index is 2.24. The zero-order valence-corrected chi connectivity index (χ0v) is 14.8. The van der Waals surface area contributed by atoms with Gasteiger partial charge in [0.05, 0.1) is 6.33 Å². The van der Waals surface area contributed by atoms with Gasteiger partial charge in [-0.1, -0.05) is 42.5 Å². The maximum absolute atomic E-state index is 13.2. The smallest absolute Gasteiger partial charge is 0.276 e. The molecule has 130 valence electrons. The molecule has 1 unspecified atom stereocenters. The molecular formula is C17H19N5O2S. The molecule has 0 radical (unpaired) electrons. The number of nitrogens with zero attached hydrogens (tertiary/aromatic N) is 3. The van der Waals surface area contributed by atoms with Gasteiger partial charge in [-0.25, -0.2) is 4.98 Å². The van der Waals surface area contributed by atoms with Crippen LogP contribution in [0.1, 0.15) is 25.5 Å². The number of rotatable bonds is 5. The van der Waals surface area contributed by atoms with Gasteiger partial charge in [-0.15, -0.1) is 0 Å². The molecule has 8 heteroatoms. The quantitative estimate of drug-likeness (QED) is 0.686. The molecule has 25 heavy (non-hydrogen) atoms. The number of likely N-dealkylation sites (N-methyl/N-ethyl adjacent to an activating group) is 1. The van der Waals surface area contributed by atoms with Crippen LogP contribution in [0.15, 0.2) is 41.5 Å². The van der Waals surface area contributed by atoms with E-state index in [1.807, 2.05) is 44.2 Å². The lowest BCUT2D eigenvalue weighted by Crippen LogP contribution is -2.38. The van der Waals surface area contributed by atoms with Crippen molar-refractivity contribution in [2.24, 2.45) is 0 Å². The van der Waals surface area contributed by atoms with Gasteiger partial charge in [0, 0.05) is 13.1 Å². The summed E-state index contributed by atoms with van der Waals surface area (Å²) in [5, 5.41) is 5.45. The minimum Gasteiger partial charge on any atom is -0.341 e. The summed E-state index contributed by atoms with van der Waals surface area (Å²) in [4.78, 5) is 31.2. The molecular weight excluding hydrogens is 338 g/mol. The molecule has 0 aliphatic carbocycles. The lowest BCUT2D eigenvalue weighted by atomic mass is 10.1. The molecule has 7 nitrogen and oxygen atoms in total. The van der Waals surface area contributed by atoms with Gasteiger partial charge in [-0.05, 0) is 19.4 Å². The van der Waals surface area contributed by atoms with Crippen molar-refractivity contribution in [2.45, 2.75) is 19.9 Å². The highest BCUT2D eigenvalue weighted by Crippen LogP contribution is 2.23. The van der Waals surface area contributed by atoms with E-state index in [1.54, 1.807) is 9.47 Å². The number of H-pyrrole nitrogens is 2. The van der Waals surface area contributed by atoms with Crippen LogP contribution in [0.3, 0.4) is 0 Å². The van der Waals surface area contributed by atoms with E-state index < -0.39 is 6.04 Å². The normalized spacial score (nSPS) is 12.2. The van der Waals surface area contributed by atoms with Crippen LogP contribution in [0.4, 0.5) is 0 Å². The maximum atomic E-state index is 13.2. The Bertz CT molecular complexity index is 1000. The second-order valence-corrected chi connectivity index (χ2v) is 5.97. The van der Waals surface area contributed by atoms with E-state index >= 15 is 0 Å². The minimum atomic E-state index is -0.667. The first-order chi connectivity index (χ1) is 12.1. The first kappa shape index (κ1) is 17.1. The maximum Gasteiger partial charge on any atom is 0.276 e. The SMILES string of the molecule is CCN(CC)C(=O)C(c1ccccc1)n1cnc2[nH][nH]c(=O)c2c1=S. The largest absolute Gasteiger partial charge is 0.341 e. The van der Waals surface area contributed by atoms with Gasteiger partial charge in [0.2, 0.25) is 5.91 Å². The van der Waals surface area contributed by atoms with E-state index in [2.05, 4.69) is 15.2 Å². The summed E-state index contributed by atoms with van der Waals surface area (Å²) in [7, 11) is 0. The van der Waals surface area contributed by atoms with Gasteiger partial charge in [-0.2, -0.15) is 0 Å². The Labute approximate surface area is 149 Å². The highest BCUT2D eigenvalue weighted by atomic mass is 32.1. The molecule has 0 saturated carbocycles. The van der Waals surface area contributed by atoms with Gasteiger partial charge >= 0.3 is 0 Å². The van der Waals surface area contributed by atoms with Crippen molar-refractivity contribution in [1.82, 2.24) is 24.6 Å². The van der Waals surface area contributed by atoms with Crippen molar-refractivity contribution < 1.29 is 4.79 Å². The number of aromatic nitrogens is 4. The van der Waals surface area contributed by atoms with E-state index in [4.69, 9.17) is 12.2 Å². The van der Waals surface area contributed by atoms with Crippen molar-refractivity contribution >= 4 is 29.2 Å². The molecule has 1 amide bonds. The summed E-state index contributed by atoms with van der Waals surface area (Å²) in [6.45, 7) is 5.04. The molecule has 2 N–H and O–H groups in total. The van der Waals surface area contributed by atoms with Crippen molar-refractivity contribution in [3.05, 3.63) is 57.2 Å². The number of hydrogen-bond acceptors (Lipinski definition) is 4. The third-order valence-corrected chi connectivity index (χ3v) is 4.64. The summed E-state index contributed by atoms with van der Waals surface area (Å²) < 4.78 is 1.87. The zero-order chi connectivity index (χ0) is 18.0. The summed E-state index contributed by atoms with van der Waals surface area (Å²) in [6, 6.07) is 8.71. The summed E-state index contributed by atoms with van der Waals surface area (Å²) >= 11 is 5.50. The number of benzene rings is 1. The number of aromatic amines is 2. The minimum absolute atomic E-state index is 0.0829. The van der Waals surface area contributed by atoms with Gasteiger partial charge < -0.3 is 9.47 Å². The van der Waals surface area contributed by atoms with E-state index in [1.165, 1.54) is 6.33 Å². The second kappa shape index (κ2) is 7.02. The highest BCUT2D eigenvalue weighted by molar-refractivity contribution is 7.71. The van der Waals surface area contributed by atoms with Crippen LogP contribution in [0.2, 0.25) is 0 Å². The number of amides is 1. The van der Waals surface area contributed by atoms with Crippen LogP contribution in [0.25, 0.3) is 11.0 Å². The molecule has 2 aromatic heterocycles. The van der Waals surface area contributed by atoms with E-state index in [0.29, 0.717) is 18.7 Å². The predicted molar refractivity (Wildman–Crippen MR) is 98.0 cm³/mol. The van der Waals surface area contributed by atoms with Crippen LogP contribution in [-0.2, 0) is 4.79 Å². The molecule has 3 rings (SSSR count). The van der Waals surface area contributed by atoms with Crippen molar-refractivity contribution in [1.29, 1.82) is 0 Å². The van der Waals surface area contributed by atoms with Gasteiger partial charge in [0.15, 0.2) is 5.65 Å². The first-order valence-corrected chi connectivity index (χ1v) is 8.50. The number of fused-ring (bicyclic) bond motifs is 1. The predicted octanol–water partition coefficient (Wildman–Crippen LogP) is 2.24. The van der Waals surface area contributed by atoms with Crippen molar-refractivity contribution in [3.63, 3.8) is 0 Å². The van der Waals surface area contributed by atoms with Gasteiger partial charge in [0.1, 0.15) is 16.1 Å². The summed E-state index contributed by atoms with van der Waals surface area (Å²) in [5.41, 5.74) is 0.834. The van der Waals surface area contributed by atoms with Crippen LogP contribution in [0.5, 0.6) is 0 Å². The van der Waals surface area contributed by atoms with E-state index in [-0.39, 0.29) is 21.5 Å². The second-order valence-electron chi connectivity index (χ2n) is 5.58. The fraction of sp³-hybridized carbons (Fsp3) is 0.294. The van der Waals surface area contributed by atoms with Crippen LogP contribution >= 0.6 is 12.2 Å². The Hall–Kier alpha value is -2.74. The molecule has 1 atom stereocenters. The molecule has 0 aliphatic rings. The Morgan fingerprint density at radius 1 is 1.24 bits per heavy atom. The van der Waals surface area contributed by atoms with Crippen LogP contribution < -0.4 is 5.56 Å². The Kier molecular flexibility index (Phi) is 4.80. The fourth-order valence-electron chi connectivity index (χ4n) is 2.89. The number of carbonyl (C=O) groups excluding carboxylic acids is 1. The molecule has 0 spiro atoms. The zero-order valence-electron chi connectivity index (χ0n) is 14.0. The average molecular weight is 357 g/mol. The molecule has 0 fully saturated rings. The molecule has 1 aromatic carbocycles. The van der Waals surface area contributed by atoms with E-state index in [0.717, 1.165) is 5.56 Å². The Morgan fingerprint density at radius 3 is 2.56 bits per heavy atom. The third kappa shape index (κ3) is 3.00. The number of carbonyl (C=O) groups is 1. The third-order valence-electron chi connectivity index (χ3n) is 4.22. The van der Waals surface area contributed by atoms with E-state index in [9.17, 15) is 9.59 Å². The standard InChI is InChI=1S/C17H19N5O2S/c1-3-21(4-2)16(24)13(11-8-6-5-7-9-11)22-10-18-14-12(17(22)25)15(23)20-19-14/h5-10,13H,3-4H2,1-2H3,(H2,19,20,23). The van der Waals surface area contributed by atoms with Crippen LogP contribution in [-0.4, -0.2) is 43.6 Å². The summed E-state index contributed by atoms with van der Waals surface area (Å²) in [6.07, 6.45) is 1.51. The Morgan fingerprint density at radius 2 is 1.92 bits per heavy atom.